The van der Waals surface area contributed by atoms with Crippen LogP contribution in [0.15, 0.2) is 48.7 Å². The molecule has 28 heavy (non-hydrogen) atoms. The van der Waals surface area contributed by atoms with Crippen LogP contribution in [-0.2, 0) is 16.0 Å². The van der Waals surface area contributed by atoms with Gasteiger partial charge in [-0.15, -0.1) is 11.3 Å². The average molecular weight is 399 g/mol. The molecule has 144 valence electrons. The fourth-order valence-electron chi connectivity index (χ4n) is 2.43. The number of carbonyl (C=O) groups is 2. The Labute approximate surface area is 165 Å². The van der Waals surface area contributed by atoms with Crippen LogP contribution >= 0.6 is 11.3 Å². The summed E-state index contributed by atoms with van der Waals surface area (Å²) in [5, 5.41) is 3.29. The summed E-state index contributed by atoms with van der Waals surface area (Å²) in [6.07, 6.45) is 2.21. The fraction of sp³-hybridized carbons (Fsp3) is 0.200. The summed E-state index contributed by atoms with van der Waals surface area (Å²) in [5.41, 5.74) is 2.11. The van der Waals surface area contributed by atoms with Crippen LogP contribution in [0.25, 0.3) is 10.7 Å². The fourth-order valence-corrected chi connectivity index (χ4v) is 3.37. The molecule has 3 aromatic rings. The zero-order chi connectivity index (χ0) is 19.9. The number of amides is 1. The molecule has 0 saturated heterocycles. The SMILES string of the molecule is Cc1nc(-c2ccccn2)sc1C(=O)OCC(=O)NCCc1ccc(F)cc1. The zero-order valence-electron chi connectivity index (χ0n) is 15.1. The quantitative estimate of drug-likeness (QED) is 0.617. The first kappa shape index (κ1) is 19.6. The summed E-state index contributed by atoms with van der Waals surface area (Å²) in [5.74, 6) is -1.29. The largest absolute Gasteiger partial charge is 0.451 e. The van der Waals surface area contributed by atoms with Crippen molar-refractivity contribution in [2.45, 2.75) is 13.3 Å². The molecular weight excluding hydrogens is 381 g/mol. The number of ether oxygens (including phenoxy) is 1. The summed E-state index contributed by atoms with van der Waals surface area (Å²) in [6, 6.07) is 11.5. The first-order chi connectivity index (χ1) is 13.5. The molecule has 0 aliphatic rings. The molecule has 0 spiro atoms. The number of halogens is 1. The molecule has 1 aromatic carbocycles. The lowest BCUT2D eigenvalue weighted by atomic mass is 10.1. The van der Waals surface area contributed by atoms with Gasteiger partial charge in [-0.1, -0.05) is 18.2 Å². The normalized spacial score (nSPS) is 10.5. The minimum Gasteiger partial charge on any atom is -0.451 e. The molecule has 0 unspecified atom stereocenters. The third-order valence-corrected chi connectivity index (χ3v) is 5.01. The summed E-state index contributed by atoms with van der Waals surface area (Å²) in [4.78, 5) is 33.0. The van der Waals surface area contributed by atoms with Crippen LogP contribution in [0, 0.1) is 12.7 Å². The Kier molecular flexibility index (Phi) is 6.44. The van der Waals surface area contributed by atoms with Crippen LogP contribution in [0.4, 0.5) is 4.39 Å². The molecular formula is C20H18FN3O3S. The van der Waals surface area contributed by atoms with E-state index < -0.39 is 11.9 Å². The second-order valence-corrected chi connectivity index (χ2v) is 6.95. The summed E-state index contributed by atoms with van der Waals surface area (Å²) in [6.45, 7) is 1.70. The molecule has 0 aliphatic carbocycles. The maximum atomic E-state index is 12.9. The number of pyridine rings is 1. The van der Waals surface area contributed by atoms with Crippen molar-refractivity contribution in [3.63, 3.8) is 0 Å². The minimum absolute atomic E-state index is 0.302. The Hall–Kier alpha value is -3.13. The van der Waals surface area contributed by atoms with Gasteiger partial charge < -0.3 is 10.1 Å². The lowest BCUT2D eigenvalue weighted by Gasteiger charge is -2.06. The van der Waals surface area contributed by atoms with Crippen molar-refractivity contribution < 1.29 is 18.7 Å². The van der Waals surface area contributed by atoms with E-state index in [1.807, 2.05) is 12.1 Å². The minimum atomic E-state index is -0.592. The van der Waals surface area contributed by atoms with Crippen LogP contribution in [0.1, 0.15) is 20.9 Å². The highest BCUT2D eigenvalue weighted by molar-refractivity contribution is 7.17. The van der Waals surface area contributed by atoms with Crippen molar-refractivity contribution in [2.24, 2.45) is 0 Å². The first-order valence-electron chi connectivity index (χ1n) is 8.60. The molecule has 0 aliphatic heterocycles. The van der Waals surface area contributed by atoms with E-state index in [0.717, 1.165) is 5.56 Å². The van der Waals surface area contributed by atoms with Gasteiger partial charge in [0.2, 0.25) is 0 Å². The molecule has 1 N–H and O–H groups in total. The Morgan fingerprint density at radius 2 is 1.96 bits per heavy atom. The number of hydrogen-bond acceptors (Lipinski definition) is 6. The van der Waals surface area contributed by atoms with Crippen molar-refractivity contribution in [3.05, 3.63) is 70.6 Å². The third-order valence-electron chi connectivity index (χ3n) is 3.85. The van der Waals surface area contributed by atoms with Gasteiger partial charge >= 0.3 is 5.97 Å². The second-order valence-electron chi connectivity index (χ2n) is 5.95. The molecule has 0 bridgehead atoms. The summed E-state index contributed by atoms with van der Waals surface area (Å²) in [7, 11) is 0. The molecule has 2 aromatic heterocycles. The van der Waals surface area contributed by atoms with Gasteiger partial charge in [0.05, 0.1) is 11.4 Å². The Morgan fingerprint density at radius 3 is 2.68 bits per heavy atom. The number of nitrogens with zero attached hydrogens (tertiary/aromatic N) is 2. The van der Waals surface area contributed by atoms with Gasteiger partial charge in [0.25, 0.3) is 5.91 Å². The van der Waals surface area contributed by atoms with E-state index in [4.69, 9.17) is 4.74 Å². The highest BCUT2D eigenvalue weighted by atomic mass is 32.1. The van der Waals surface area contributed by atoms with Crippen molar-refractivity contribution in [1.29, 1.82) is 0 Å². The number of nitrogens with one attached hydrogen (secondary N) is 1. The van der Waals surface area contributed by atoms with Gasteiger partial charge in [0.15, 0.2) is 6.61 Å². The number of thiazole rings is 1. The summed E-state index contributed by atoms with van der Waals surface area (Å²) >= 11 is 1.18. The van der Waals surface area contributed by atoms with Crippen molar-refractivity contribution >= 4 is 23.2 Å². The maximum absolute atomic E-state index is 12.9. The molecule has 8 heteroatoms. The monoisotopic (exact) mass is 399 g/mol. The number of aryl methyl sites for hydroxylation is 1. The van der Waals surface area contributed by atoms with Crippen molar-refractivity contribution in [3.8, 4) is 10.7 Å². The Morgan fingerprint density at radius 1 is 1.18 bits per heavy atom. The van der Waals surface area contributed by atoms with E-state index >= 15 is 0 Å². The van der Waals surface area contributed by atoms with Gasteiger partial charge in [0, 0.05) is 12.7 Å². The molecule has 0 fully saturated rings. The van der Waals surface area contributed by atoms with E-state index in [1.165, 1.54) is 23.5 Å². The standard InChI is InChI=1S/C20H18FN3O3S/c1-13-18(28-19(24-13)16-4-2-3-10-22-16)20(26)27-12-17(25)23-11-9-14-5-7-15(21)8-6-14/h2-8,10H,9,11-12H2,1H3,(H,23,25). The number of hydrogen-bond donors (Lipinski definition) is 1. The van der Waals surface area contributed by atoms with Crippen molar-refractivity contribution in [1.82, 2.24) is 15.3 Å². The highest BCUT2D eigenvalue weighted by Gasteiger charge is 2.19. The zero-order valence-corrected chi connectivity index (χ0v) is 16.0. The lowest BCUT2D eigenvalue weighted by molar-refractivity contribution is -0.124. The summed E-state index contributed by atoms with van der Waals surface area (Å²) < 4.78 is 17.9. The van der Waals surface area contributed by atoms with Gasteiger partial charge in [-0.25, -0.2) is 14.2 Å². The Bertz CT molecular complexity index is 959. The predicted molar refractivity (Wildman–Crippen MR) is 103 cm³/mol. The Balaban J connectivity index is 1.48. The molecule has 6 nitrogen and oxygen atoms in total. The molecule has 0 saturated carbocycles. The molecule has 1 amide bonds. The molecule has 0 atom stereocenters. The number of benzene rings is 1. The van der Waals surface area contributed by atoms with E-state index in [9.17, 15) is 14.0 Å². The second kappa shape index (κ2) is 9.18. The van der Waals surface area contributed by atoms with Crippen LogP contribution in [-0.4, -0.2) is 35.0 Å². The van der Waals surface area contributed by atoms with Gasteiger partial charge in [-0.05, 0) is 43.2 Å². The lowest BCUT2D eigenvalue weighted by Crippen LogP contribution is -2.30. The van der Waals surface area contributed by atoms with Crippen LogP contribution < -0.4 is 5.32 Å². The van der Waals surface area contributed by atoms with Gasteiger partial charge in [-0.3, -0.25) is 9.78 Å². The van der Waals surface area contributed by atoms with Crippen LogP contribution in [0.3, 0.4) is 0 Å². The number of aromatic nitrogens is 2. The van der Waals surface area contributed by atoms with Crippen molar-refractivity contribution in [2.75, 3.05) is 13.2 Å². The number of carbonyl (C=O) groups excluding carboxylic acids is 2. The van der Waals surface area contributed by atoms with Crippen LogP contribution in [0.2, 0.25) is 0 Å². The smallest absolute Gasteiger partial charge is 0.350 e. The van der Waals surface area contributed by atoms with Gasteiger partial charge in [0.1, 0.15) is 15.7 Å². The van der Waals surface area contributed by atoms with E-state index in [-0.39, 0.29) is 12.4 Å². The molecule has 2 heterocycles. The molecule has 0 radical (unpaired) electrons. The first-order valence-corrected chi connectivity index (χ1v) is 9.41. The van der Waals surface area contributed by atoms with E-state index in [1.54, 1.807) is 31.3 Å². The number of esters is 1. The third kappa shape index (κ3) is 5.20. The number of rotatable bonds is 7. The van der Waals surface area contributed by atoms with Crippen LogP contribution in [0.5, 0.6) is 0 Å². The van der Waals surface area contributed by atoms with E-state index in [2.05, 4.69) is 15.3 Å². The van der Waals surface area contributed by atoms with E-state index in [0.29, 0.717) is 34.2 Å². The molecule has 3 rings (SSSR count). The average Bonchev–Trinajstić information content (AvgIpc) is 3.10. The predicted octanol–water partition coefficient (Wildman–Crippen LogP) is 3.17. The maximum Gasteiger partial charge on any atom is 0.350 e. The van der Waals surface area contributed by atoms with Gasteiger partial charge in [-0.2, -0.15) is 0 Å². The topological polar surface area (TPSA) is 81.2 Å². The highest BCUT2D eigenvalue weighted by Crippen LogP contribution is 2.26.